The van der Waals surface area contributed by atoms with Gasteiger partial charge in [-0.25, -0.2) is 0 Å². The summed E-state index contributed by atoms with van der Waals surface area (Å²) in [6.07, 6.45) is 0. The van der Waals surface area contributed by atoms with Crippen molar-refractivity contribution in [2.45, 2.75) is 26.3 Å². The van der Waals surface area contributed by atoms with Crippen LogP contribution in [-0.4, -0.2) is 37.9 Å². The van der Waals surface area contributed by atoms with Crippen LogP contribution in [0.25, 0.3) is 0 Å². The zero-order valence-electron chi connectivity index (χ0n) is 9.79. The highest BCUT2D eigenvalue weighted by atomic mass is 16.5. The standard InChI is InChI=1S/C10H22N2O3/c1-8(2)6-14-4-5-15-7-10(3,12)9(11)13/h8H,4-7,12H2,1-3H3,(H2,11,13). The van der Waals surface area contributed by atoms with E-state index in [0.29, 0.717) is 25.7 Å². The lowest BCUT2D eigenvalue weighted by Gasteiger charge is -2.20. The van der Waals surface area contributed by atoms with Gasteiger partial charge in [-0.05, 0) is 12.8 Å². The molecule has 1 amide bonds. The van der Waals surface area contributed by atoms with Crippen molar-refractivity contribution in [1.82, 2.24) is 0 Å². The van der Waals surface area contributed by atoms with E-state index in [1.807, 2.05) is 0 Å². The van der Waals surface area contributed by atoms with Gasteiger partial charge >= 0.3 is 0 Å². The summed E-state index contributed by atoms with van der Waals surface area (Å²) in [5.41, 5.74) is 9.56. The van der Waals surface area contributed by atoms with Crippen molar-refractivity contribution in [2.24, 2.45) is 17.4 Å². The average molecular weight is 218 g/mol. The molecule has 0 aromatic carbocycles. The van der Waals surface area contributed by atoms with E-state index >= 15 is 0 Å². The predicted molar refractivity (Wildman–Crippen MR) is 58.3 cm³/mol. The number of ether oxygens (including phenoxy) is 2. The number of rotatable bonds is 8. The van der Waals surface area contributed by atoms with Gasteiger partial charge in [0.05, 0.1) is 19.8 Å². The smallest absolute Gasteiger partial charge is 0.239 e. The highest BCUT2D eigenvalue weighted by Crippen LogP contribution is 1.98. The van der Waals surface area contributed by atoms with Crippen LogP contribution in [0.15, 0.2) is 0 Å². The van der Waals surface area contributed by atoms with Crippen molar-refractivity contribution in [3.8, 4) is 0 Å². The zero-order chi connectivity index (χ0) is 11.9. The van der Waals surface area contributed by atoms with E-state index in [1.54, 1.807) is 6.92 Å². The van der Waals surface area contributed by atoms with Crippen LogP contribution in [0.2, 0.25) is 0 Å². The van der Waals surface area contributed by atoms with Crippen LogP contribution in [0, 0.1) is 5.92 Å². The maximum atomic E-state index is 10.8. The van der Waals surface area contributed by atoms with Gasteiger partial charge in [0.15, 0.2) is 0 Å². The summed E-state index contributed by atoms with van der Waals surface area (Å²) >= 11 is 0. The molecule has 0 saturated heterocycles. The molecule has 90 valence electrons. The normalized spacial score (nSPS) is 15.3. The average Bonchev–Trinajstić information content (AvgIpc) is 2.10. The van der Waals surface area contributed by atoms with Gasteiger partial charge in [-0.2, -0.15) is 0 Å². The van der Waals surface area contributed by atoms with Crippen molar-refractivity contribution >= 4 is 5.91 Å². The van der Waals surface area contributed by atoms with Crippen molar-refractivity contribution < 1.29 is 14.3 Å². The molecule has 0 radical (unpaired) electrons. The number of carbonyl (C=O) groups is 1. The van der Waals surface area contributed by atoms with E-state index in [1.165, 1.54) is 0 Å². The SMILES string of the molecule is CC(C)COCCOCC(C)(N)C(N)=O. The minimum absolute atomic E-state index is 0.118. The molecule has 0 aliphatic rings. The van der Waals surface area contributed by atoms with Gasteiger partial charge in [0, 0.05) is 6.61 Å². The summed E-state index contributed by atoms with van der Waals surface area (Å²) in [5, 5.41) is 0. The number of nitrogens with two attached hydrogens (primary N) is 2. The van der Waals surface area contributed by atoms with E-state index in [2.05, 4.69) is 13.8 Å². The number of hydrogen-bond donors (Lipinski definition) is 2. The highest BCUT2D eigenvalue weighted by molar-refractivity contribution is 5.83. The molecule has 1 unspecified atom stereocenters. The Labute approximate surface area is 91.1 Å². The zero-order valence-corrected chi connectivity index (χ0v) is 9.79. The second-order valence-corrected chi connectivity index (χ2v) is 4.30. The third kappa shape index (κ3) is 7.30. The van der Waals surface area contributed by atoms with Crippen LogP contribution in [0.5, 0.6) is 0 Å². The predicted octanol–water partition coefficient (Wildman–Crippen LogP) is -0.122. The molecule has 1 atom stereocenters. The Kier molecular flexibility index (Phi) is 6.47. The topological polar surface area (TPSA) is 87.6 Å². The van der Waals surface area contributed by atoms with E-state index in [0.717, 1.165) is 0 Å². The monoisotopic (exact) mass is 218 g/mol. The summed E-state index contributed by atoms with van der Waals surface area (Å²) in [6, 6.07) is 0. The Morgan fingerprint density at radius 1 is 1.33 bits per heavy atom. The van der Waals surface area contributed by atoms with Crippen LogP contribution in [0.4, 0.5) is 0 Å². The summed E-state index contributed by atoms with van der Waals surface area (Å²) < 4.78 is 10.5. The van der Waals surface area contributed by atoms with Gasteiger partial charge in [0.2, 0.25) is 5.91 Å². The largest absolute Gasteiger partial charge is 0.379 e. The van der Waals surface area contributed by atoms with Crippen LogP contribution in [0.3, 0.4) is 0 Å². The molecular formula is C10H22N2O3. The molecule has 0 heterocycles. The molecule has 0 aliphatic heterocycles. The minimum Gasteiger partial charge on any atom is -0.379 e. The summed E-state index contributed by atoms with van der Waals surface area (Å²) in [5.74, 6) is -0.0546. The lowest BCUT2D eigenvalue weighted by molar-refractivity contribution is -0.125. The number of amides is 1. The second-order valence-electron chi connectivity index (χ2n) is 4.30. The van der Waals surface area contributed by atoms with Crippen LogP contribution >= 0.6 is 0 Å². The molecule has 5 nitrogen and oxygen atoms in total. The molecule has 0 spiro atoms. The Balaban J connectivity index is 3.43. The van der Waals surface area contributed by atoms with Gasteiger partial charge < -0.3 is 20.9 Å². The van der Waals surface area contributed by atoms with Crippen molar-refractivity contribution in [1.29, 1.82) is 0 Å². The van der Waals surface area contributed by atoms with Crippen molar-refractivity contribution in [3.05, 3.63) is 0 Å². The maximum absolute atomic E-state index is 10.8. The fraction of sp³-hybridized carbons (Fsp3) is 0.900. The lowest BCUT2D eigenvalue weighted by Crippen LogP contribution is -2.53. The number of hydrogen-bond acceptors (Lipinski definition) is 4. The molecule has 0 aromatic rings. The highest BCUT2D eigenvalue weighted by Gasteiger charge is 2.25. The molecule has 0 saturated carbocycles. The minimum atomic E-state index is -1.10. The van der Waals surface area contributed by atoms with E-state index in [-0.39, 0.29) is 6.61 Å². The third-order valence-electron chi connectivity index (χ3n) is 1.79. The molecule has 0 fully saturated rings. The number of primary amides is 1. The van der Waals surface area contributed by atoms with E-state index < -0.39 is 11.4 Å². The first-order valence-corrected chi connectivity index (χ1v) is 5.10. The summed E-state index contributed by atoms with van der Waals surface area (Å²) in [4.78, 5) is 10.8. The Bertz CT molecular complexity index is 193. The Hall–Kier alpha value is -0.650. The Morgan fingerprint density at radius 3 is 2.33 bits per heavy atom. The lowest BCUT2D eigenvalue weighted by atomic mass is 10.1. The summed E-state index contributed by atoms with van der Waals surface area (Å²) in [6.45, 7) is 7.45. The molecular weight excluding hydrogens is 196 g/mol. The fourth-order valence-electron chi connectivity index (χ4n) is 0.792. The first kappa shape index (κ1) is 14.3. The Morgan fingerprint density at radius 2 is 1.87 bits per heavy atom. The molecule has 4 N–H and O–H groups in total. The van der Waals surface area contributed by atoms with Crippen molar-refractivity contribution in [3.63, 3.8) is 0 Å². The molecule has 15 heavy (non-hydrogen) atoms. The van der Waals surface area contributed by atoms with Crippen LogP contribution in [-0.2, 0) is 14.3 Å². The fourth-order valence-corrected chi connectivity index (χ4v) is 0.792. The third-order valence-corrected chi connectivity index (χ3v) is 1.79. The van der Waals surface area contributed by atoms with Gasteiger partial charge in [-0.1, -0.05) is 13.8 Å². The number of carbonyl (C=O) groups excluding carboxylic acids is 1. The van der Waals surface area contributed by atoms with Gasteiger partial charge in [-0.3, -0.25) is 4.79 Å². The van der Waals surface area contributed by atoms with E-state index in [4.69, 9.17) is 20.9 Å². The van der Waals surface area contributed by atoms with Crippen LogP contribution in [0.1, 0.15) is 20.8 Å². The molecule has 0 rings (SSSR count). The van der Waals surface area contributed by atoms with Gasteiger partial charge in [0.25, 0.3) is 0 Å². The van der Waals surface area contributed by atoms with E-state index in [9.17, 15) is 4.79 Å². The molecule has 0 aliphatic carbocycles. The molecule has 5 heteroatoms. The van der Waals surface area contributed by atoms with Gasteiger partial charge in [0.1, 0.15) is 5.54 Å². The van der Waals surface area contributed by atoms with Crippen molar-refractivity contribution in [2.75, 3.05) is 26.4 Å². The second kappa shape index (κ2) is 6.76. The quantitative estimate of drug-likeness (QED) is 0.556. The van der Waals surface area contributed by atoms with Gasteiger partial charge in [-0.15, -0.1) is 0 Å². The first-order valence-electron chi connectivity index (χ1n) is 5.10. The first-order chi connectivity index (χ1) is 6.86. The molecule has 0 aromatic heterocycles. The summed E-state index contributed by atoms with van der Waals surface area (Å²) in [7, 11) is 0. The maximum Gasteiger partial charge on any atom is 0.239 e. The molecule has 0 bridgehead atoms. The van der Waals surface area contributed by atoms with Crippen LogP contribution < -0.4 is 11.5 Å².